The number of carbonyl (C=O) groups excluding carboxylic acids is 1. The second-order valence-corrected chi connectivity index (χ2v) is 5.88. The number of aryl methyl sites for hydroxylation is 1. The van der Waals surface area contributed by atoms with Crippen molar-refractivity contribution in [1.29, 1.82) is 0 Å². The van der Waals surface area contributed by atoms with Crippen LogP contribution in [0.4, 0.5) is 5.69 Å². The molecule has 1 aromatic heterocycles. The molecule has 1 aromatic rings. The maximum Gasteiger partial charge on any atom is 0.224 e. The number of nitrogens with zero attached hydrogens (tertiary/aromatic N) is 1. The quantitative estimate of drug-likeness (QED) is 0.758. The molecule has 5 heteroatoms. The maximum absolute atomic E-state index is 12.0. The van der Waals surface area contributed by atoms with E-state index in [2.05, 4.69) is 24.1 Å². The fourth-order valence-corrected chi connectivity index (χ4v) is 2.35. The highest BCUT2D eigenvalue weighted by Crippen LogP contribution is 2.23. The van der Waals surface area contributed by atoms with E-state index in [0.717, 1.165) is 18.4 Å². The van der Waals surface area contributed by atoms with Gasteiger partial charge < -0.3 is 11.1 Å². The van der Waals surface area contributed by atoms with Gasteiger partial charge in [0.25, 0.3) is 0 Å². The number of nitrogens with one attached hydrogen (secondary N) is 1. The monoisotopic (exact) mass is 297 g/mol. The number of amides is 1. The van der Waals surface area contributed by atoms with Crippen molar-refractivity contribution in [2.24, 2.45) is 17.6 Å². The van der Waals surface area contributed by atoms with Crippen LogP contribution in [-0.4, -0.2) is 17.4 Å². The van der Waals surface area contributed by atoms with Gasteiger partial charge in [-0.05, 0) is 49.8 Å². The first-order valence-corrected chi connectivity index (χ1v) is 7.44. The molecule has 1 atom stereocenters. The van der Waals surface area contributed by atoms with E-state index in [1.165, 1.54) is 0 Å². The summed E-state index contributed by atoms with van der Waals surface area (Å²) < 4.78 is 0. The standard InChI is InChI=1S/C15H24ClN3O/c1-10(2)12(6-7-17)4-5-14(20)19-13-8-11(3)9-18-15(13)16/h8-10,12H,4-7,17H2,1-3H3,(H,19,20). The molecule has 1 heterocycles. The molecule has 112 valence electrons. The van der Waals surface area contributed by atoms with Crippen LogP contribution in [0.15, 0.2) is 12.3 Å². The van der Waals surface area contributed by atoms with Gasteiger partial charge >= 0.3 is 0 Å². The Hall–Kier alpha value is -1.13. The Morgan fingerprint density at radius 1 is 1.45 bits per heavy atom. The minimum absolute atomic E-state index is 0.0260. The molecular formula is C15H24ClN3O. The lowest BCUT2D eigenvalue weighted by atomic mass is 9.88. The Balaban J connectivity index is 2.53. The molecule has 1 rings (SSSR count). The van der Waals surface area contributed by atoms with Crippen molar-refractivity contribution in [1.82, 2.24) is 4.98 Å². The summed E-state index contributed by atoms with van der Waals surface area (Å²) in [6.45, 7) is 6.91. The summed E-state index contributed by atoms with van der Waals surface area (Å²) in [6, 6.07) is 1.83. The third-order valence-electron chi connectivity index (χ3n) is 3.47. The van der Waals surface area contributed by atoms with Crippen LogP contribution in [0.3, 0.4) is 0 Å². The van der Waals surface area contributed by atoms with E-state index in [-0.39, 0.29) is 5.91 Å². The van der Waals surface area contributed by atoms with Gasteiger partial charge in [0, 0.05) is 12.6 Å². The topological polar surface area (TPSA) is 68.0 Å². The Morgan fingerprint density at radius 3 is 2.75 bits per heavy atom. The van der Waals surface area contributed by atoms with Crippen molar-refractivity contribution >= 4 is 23.2 Å². The molecule has 4 nitrogen and oxygen atoms in total. The third kappa shape index (κ3) is 5.47. The van der Waals surface area contributed by atoms with Crippen LogP contribution >= 0.6 is 11.6 Å². The molecule has 20 heavy (non-hydrogen) atoms. The number of nitrogens with two attached hydrogens (primary N) is 1. The van der Waals surface area contributed by atoms with E-state index in [4.69, 9.17) is 17.3 Å². The minimum Gasteiger partial charge on any atom is -0.330 e. The summed E-state index contributed by atoms with van der Waals surface area (Å²) in [7, 11) is 0. The molecule has 0 spiro atoms. The molecular weight excluding hydrogens is 274 g/mol. The molecule has 0 saturated carbocycles. The lowest BCUT2D eigenvalue weighted by molar-refractivity contribution is -0.116. The summed E-state index contributed by atoms with van der Waals surface area (Å²) in [5.41, 5.74) is 7.15. The first kappa shape index (κ1) is 16.9. The van der Waals surface area contributed by atoms with Crippen LogP contribution in [0.1, 0.15) is 38.7 Å². The van der Waals surface area contributed by atoms with E-state index in [0.29, 0.717) is 35.6 Å². The Labute approximate surface area is 126 Å². The lowest BCUT2D eigenvalue weighted by Crippen LogP contribution is -2.18. The number of hydrogen-bond donors (Lipinski definition) is 2. The molecule has 3 N–H and O–H groups in total. The average molecular weight is 298 g/mol. The van der Waals surface area contributed by atoms with Crippen LogP contribution in [0.25, 0.3) is 0 Å². The third-order valence-corrected chi connectivity index (χ3v) is 3.77. The van der Waals surface area contributed by atoms with Crippen molar-refractivity contribution in [3.8, 4) is 0 Å². The molecule has 0 aromatic carbocycles. The van der Waals surface area contributed by atoms with Crippen LogP contribution in [0.5, 0.6) is 0 Å². The number of pyridine rings is 1. The number of carbonyl (C=O) groups is 1. The zero-order valence-electron chi connectivity index (χ0n) is 12.4. The smallest absolute Gasteiger partial charge is 0.224 e. The minimum atomic E-state index is -0.0260. The Kier molecular flexibility index (Phi) is 6.96. The second kappa shape index (κ2) is 8.22. The maximum atomic E-state index is 12.0. The molecule has 0 aliphatic carbocycles. The molecule has 1 unspecified atom stereocenters. The van der Waals surface area contributed by atoms with Crippen molar-refractivity contribution in [2.75, 3.05) is 11.9 Å². The number of halogens is 1. The van der Waals surface area contributed by atoms with E-state index in [9.17, 15) is 4.79 Å². The van der Waals surface area contributed by atoms with Crippen molar-refractivity contribution in [2.45, 2.75) is 40.0 Å². The molecule has 0 aliphatic rings. The molecule has 0 radical (unpaired) electrons. The van der Waals surface area contributed by atoms with Gasteiger partial charge in [-0.1, -0.05) is 25.4 Å². The Bertz CT molecular complexity index is 449. The van der Waals surface area contributed by atoms with Gasteiger partial charge in [0.1, 0.15) is 0 Å². The van der Waals surface area contributed by atoms with E-state index < -0.39 is 0 Å². The first-order valence-electron chi connectivity index (χ1n) is 7.06. The Morgan fingerprint density at radius 2 is 2.15 bits per heavy atom. The zero-order valence-corrected chi connectivity index (χ0v) is 13.2. The van der Waals surface area contributed by atoms with Gasteiger partial charge in [0.2, 0.25) is 5.91 Å². The van der Waals surface area contributed by atoms with Crippen LogP contribution in [-0.2, 0) is 4.79 Å². The second-order valence-electron chi connectivity index (χ2n) is 5.52. The SMILES string of the molecule is Cc1cnc(Cl)c(NC(=O)CCC(CCN)C(C)C)c1. The van der Waals surface area contributed by atoms with Crippen molar-refractivity contribution in [3.05, 3.63) is 23.0 Å². The largest absolute Gasteiger partial charge is 0.330 e. The van der Waals surface area contributed by atoms with Crippen molar-refractivity contribution in [3.63, 3.8) is 0 Å². The van der Waals surface area contributed by atoms with E-state index >= 15 is 0 Å². The average Bonchev–Trinajstić information content (AvgIpc) is 2.38. The van der Waals surface area contributed by atoms with Gasteiger partial charge in [-0.15, -0.1) is 0 Å². The molecule has 0 aliphatic heterocycles. The van der Waals surface area contributed by atoms with Crippen LogP contribution < -0.4 is 11.1 Å². The molecule has 0 fully saturated rings. The van der Waals surface area contributed by atoms with Crippen LogP contribution in [0.2, 0.25) is 5.15 Å². The highest BCUT2D eigenvalue weighted by molar-refractivity contribution is 6.32. The van der Waals surface area contributed by atoms with Crippen LogP contribution in [0, 0.1) is 18.8 Å². The summed E-state index contributed by atoms with van der Waals surface area (Å²) >= 11 is 5.96. The highest BCUT2D eigenvalue weighted by atomic mass is 35.5. The molecule has 0 bridgehead atoms. The van der Waals surface area contributed by atoms with Gasteiger partial charge in [-0.25, -0.2) is 4.98 Å². The van der Waals surface area contributed by atoms with Crippen molar-refractivity contribution < 1.29 is 4.79 Å². The molecule has 0 saturated heterocycles. The number of rotatable bonds is 7. The van der Waals surface area contributed by atoms with Gasteiger partial charge in [-0.3, -0.25) is 4.79 Å². The normalized spacial score (nSPS) is 12.5. The molecule has 1 amide bonds. The predicted octanol–water partition coefficient (Wildman–Crippen LogP) is 3.38. The van der Waals surface area contributed by atoms with E-state index in [1.54, 1.807) is 6.20 Å². The number of anilines is 1. The van der Waals surface area contributed by atoms with Gasteiger partial charge in [0.15, 0.2) is 5.15 Å². The van der Waals surface area contributed by atoms with E-state index in [1.807, 2.05) is 13.0 Å². The summed E-state index contributed by atoms with van der Waals surface area (Å²) in [5, 5.41) is 3.15. The summed E-state index contributed by atoms with van der Waals surface area (Å²) in [5.74, 6) is 0.995. The van der Waals surface area contributed by atoms with Gasteiger partial charge in [0.05, 0.1) is 5.69 Å². The highest BCUT2D eigenvalue weighted by Gasteiger charge is 2.15. The summed E-state index contributed by atoms with van der Waals surface area (Å²) in [6.07, 6.45) is 3.95. The first-order chi connectivity index (χ1) is 9.43. The van der Waals surface area contributed by atoms with Gasteiger partial charge in [-0.2, -0.15) is 0 Å². The fourth-order valence-electron chi connectivity index (χ4n) is 2.19. The lowest BCUT2D eigenvalue weighted by Gasteiger charge is -2.19. The fraction of sp³-hybridized carbons (Fsp3) is 0.600. The summed E-state index contributed by atoms with van der Waals surface area (Å²) in [4.78, 5) is 16.0. The zero-order chi connectivity index (χ0) is 15.1. The number of aromatic nitrogens is 1. The predicted molar refractivity (Wildman–Crippen MR) is 83.8 cm³/mol. The number of hydrogen-bond acceptors (Lipinski definition) is 3.